The van der Waals surface area contributed by atoms with E-state index in [0.717, 1.165) is 22.9 Å². The maximum absolute atomic E-state index is 15.5. The van der Waals surface area contributed by atoms with Gasteiger partial charge in [0.25, 0.3) is 0 Å². The highest BCUT2D eigenvalue weighted by atomic mass is 19.4. The highest BCUT2D eigenvalue weighted by molar-refractivity contribution is 5.96. The molecule has 0 bridgehead atoms. The molecular formula is C25H22F4N8O5. The lowest BCUT2D eigenvalue weighted by molar-refractivity contribution is -0.189. The van der Waals surface area contributed by atoms with E-state index in [0.29, 0.717) is 0 Å². The van der Waals surface area contributed by atoms with Crippen LogP contribution in [0.1, 0.15) is 23.0 Å². The second-order valence-corrected chi connectivity index (χ2v) is 8.45. The van der Waals surface area contributed by atoms with E-state index < -0.39 is 41.3 Å². The molecule has 2 aromatic carbocycles. The van der Waals surface area contributed by atoms with Gasteiger partial charge >= 0.3 is 17.8 Å². The summed E-state index contributed by atoms with van der Waals surface area (Å²) >= 11 is 0. The number of nitrogen functional groups attached to an aromatic ring is 2. The fourth-order valence-corrected chi connectivity index (χ4v) is 3.81. The lowest BCUT2D eigenvalue weighted by Gasteiger charge is -2.22. The number of esters is 1. The number of aromatic amines is 1. The zero-order valence-electron chi connectivity index (χ0n) is 21.7. The number of nitrogens with one attached hydrogen (secondary N) is 3. The fraction of sp³-hybridized carbons (Fsp3) is 0.160. The molecule has 7 N–H and O–H groups in total. The number of halogens is 4. The standard InChI is InChI=1S/C25H22F4N8O5/c1-40-17-9-12(13(26)10-18(17)41-2)19(22-35-24(39)37(36-22)15-4-3-7-33-21(15)32)34-14-6-5-11(20(30)31)8-16(14)42-23(38)25(27,28)29/h3-10,19,34H,1-2H3,(H3,30,31)(H2,32,33)(H,35,36,39). The van der Waals surface area contributed by atoms with E-state index in [4.69, 9.17) is 26.4 Å². The first kappa shape index (κ1) is 29.4. The highest BCUT2D eigenvalue weighted by Crippen LogP contribution is 2.38. The number of amidine groups is 1. The molecule has 2 aromatic heterocycles. The van der Waals surface area contributed by atoms with Gasteiger partial charge in [0.2, 0.25) is 0 Å². The van der Waals surface area contributed by atoms with Crippen molar-refractivity contribution in [3.8, 4) is 22.9 Å². The molecule has 2 heterocycles. The van der Waals surface area contributed by atoms with Gasteiger partial charge in [-0.1, -0.05) is 0 Å². The summed E-state index contributed by atoms with van der Waals surface area (Å²) in [5.74, 6) is -4.90. The molecular weight excluding hydrogens is 568 g/mol. The Morgan fingerprint density at radius 2 is 1.81 bits per heavy atom. The Labute approximate surface area is 233 Å². The van der Waals surface area contributed by atoms with Gasteiger partial charge < -0.3 is 31.0 Å². The molecule has 0 aliphatic rings. The Kier molecular flexibility index (Phi) is 8.03. The number of hydrogen-bond acceptors (Lipinski definition) is 10. The Morgan fingerprint density at radius 1 is 1.12 bits per heavy atom. The summed E-state index contributed by atoms with van der Waals surface area (Å²) in [4.78, 5) is 31.0. The number of pyridine rings is 1. The molecule has 0 radical (unpaired) electrons. The van der Waals surface area contributed by atoms with Crippen molar-refractivity contribution in [1.82, 2.24) is 19.7 Å². The monoisotopic (exact) mass is 590 g/mol. The number of methoxy groups -OCH3 is 2. The van der Waals surface area contributed by atoms with Crippen LogP contribution in [0.2, 0.25) is 0 Å². The van der Waals surface area contributed by atoms with Crippen molar-refractivity contribution < 1.29 is 36.6 Å². The van der Waals surface area contributed by atoms with Gasteiger partial charge in [0.1, 0.15) is 29.2 Å². The van der Waals surface area contributed by atoms with Gasteiger partial charge in [0.15, 0.2) is 23.1 Å². The maximum atomic E-state index is 15.5. The largest absolute Gasteiger partial charge is 0.493 e. The Balaban J connectivity index is 1.91. The summed E-state index contributed by atoms with van der Waals surface area (Å²) in [5.41, 5.74) is 10.0. The average molecular weight is 590 g/mol. The average Bonchev–Trinajstić information content (AvgIpc) is 3.32. The van der Waals surface area contributed by atoms with Gasteiger partial charge in [-0.25, -0.2) is 19.0 Å². The summed E-state index contributed by atoms with van der Waals surface area (Å²) in [7, 11) is 2.57. The SMILES string of the molecule is COc1cc(F)c(C(Nc2ccc(C(=N)N)cc2OC(=O)C(F)(F)F)c2nn(-c3cccnc3N)c(=O)[nH]2)cc1OC. The van der Waals surface area contributed by atoms with E-state index in [2.05, 4.69) is 25.1 Å². The van der Waals surface area contributed by atoms with Crippen molar-refractivity contribution >= 4 is 23.3 Å². The predicted molar refractivity (Wildman–Crippen MR) is 141 cm³/mol. The Morgan fingerprint density at radius 3 is 2.43 bits per heavy atom. The molecule has 0 saturated carbocycles. The quantitative estimate of drug-likeness (QED) is 0.0635. The molecule has 220 valence electrons. The lowest BCUT2D eigenvalue weighted by Crippen LogP contribution is -2.28. The number of nitrogens with two attached hydrogens (primary N) is 2. The maximum Gasteiger partial charge on any atom is 0.491 e. The molecule has 1 atom stereocenters. The summed E-state index contributed by atoms with van der Waals surface area (Å²) in [6.45, 7) is 0. The van der Waals surface area contributed by atoms with Crippen molar-refractivity contribution in [3.05, 3.63) is 81.9 Å². The van der Waals surface area contributed by atoms with Crippen LogP contribution in [-0.4, -0.2) is 51.9 Å². The summed E-state index contributed by atoms with van der Waals surface area (Å²) in [6, 6.07) is 6.99. The zero-order valence-corrected chi connectivity index (χ0v) is 21.7. The second-order valence-electron chi connectivity index (χ2n) is 8.45. The molecule has 42 heavy (non-hydrogen) atoms. The van der Waals surface area contributed by atoms with Crippen LogP contribution in [0.25, 0.3) is 5.69 Å². The number of carbonyl (C=O) groups is 1. The van der Waals surface area contributed by atoms with Crippen molar-refractivity contribution in [2.75, 3.05) is 25.3 Å². The minimum absolute atomic E-state index is 0.0188. The zero-order chi connectivity index (χ0) is 30.8. The number of ether oxygens (including phenoxy) is 3. The van der Waals surface area contributed by atoms with Crippen LogP contribution < -0.4 is 36.7 Å². The minimum Gasteiger partial charge on any atom is -0.493 e. The number of nitrogens with zero attached hydrogens (tertiary/aromatic N) is 3. The molecule has 0 saturated heterocycles. The number of rotatable bonds is 9. The summed E-state index contributed by atoms with van der Waals surface area (Å²) in [5, 5.41) is 14.6. The van der Waals surface area contributed by atoms with Crippen LogP contribution >= 0.6 is 0 Å². The first-order chi connectivity index (χ1) is 19.8. The third kappa shape index (κ3) is 5.93. The van der Waals surface area contributed by atoms with Gasteiger partial charge in [0.05, 0.1) is 19.9 Å². The van der Waals surface area contributed by atoms with Crippen LogP contribution in [0.5, 0.6) is 17.2 Å². The first-order valence-electron chi connectivity index (χ1n) is 11.7. The van der Waals surface area contributed by atoms with E-state index in [1.807, 2.05) is 0 Å². The molecule has 0 fully saturated rings. The highest BCUT2D eigenvalue weighted by Gasteiger charge is 2.42. The van der Waals surface area contributed by atoms with Crippen molar-refractivity contribution in [2.24, 2.45) is 5.73 Å². The van der Waals surface area contributed by atoms with E-state index in [1.165, 1.54) is 44.7 Å². The number of H-pyrrole nitrogens is 1. The number of carbonyl (C=O) groups excluding carboxylic acids is 1. The minimum atomic E-state index is -5.37. The van der Waals surface area contributed by atoms with Gasteiger partial charge in [-0.15, -0.1) is 5.10 Å². The van der Waals surface area contributed by atoms with Gasteiger partial charge in [0, 0.05) is 23.4 Å². The van der Waals surface area contributed by atoms with Crippen molar-refractivity contribution in [3.63, 3.8) is 0 Å². The fourth-order valence-electron chi connectivity index (χ4n) is 3.81. The third-order valence-electron chi connectivity index (χ3n) is 5.79. The molecule has 0 spiro atoms. The summed E-state index contributed by atoms with van der Waals surface area (Å²) < 4.78 is 70.5. The lowest BCUT2D eigenvalue weighted by atomic mass is 10.0. The van der Waals surface area contributed by atoms with E-state index >= 15 is 4.39 Å². The predicted octanol–water partition coefficient (Wildman–Crippen LogP) is 2.65. The number of benzene rings is 2. The molecule has 4 aromatic rings. The topological polar surface area (TPSA) is 196 Å². The van der Waals surface area contributed by atoms with E-state index in [-0.39, 0.29) is 45.6 Å². The normalized spacial score (nSPS) is 12.0. The number of anilines is 2. The number of hydrogen-bond donors (Lipinski definition) is 5. The van der Waals surface area contributed by atoms with Crippen molar-refractivity contribution in [1.29, 1.82) is 5.41 Å². The van der Waals surface area contributed by atoms with Gasteiger partial charge in [-0.05, 0) is 36.4 Å². The van der Waals surface area contributed by atoms with Crippen LogP contribution in [0.3, 0.4) is 0 Å². The van der Waals surface area contributed by atoms with Gasteiger partial charge in [-0.2, -0.15) is 17.9 Å². The Hall–Kier alpha value is -5.61. The van der Waals surface area contributed by atoms with Crippen molar-refractivity contribution in [2.45, 2.75) is 12.2 Å². The number of alkyl halides is 3. The number of aromatic nitrogens is 4. The van der Waals surface area contributed by atoms with Crippen LogP contribution in [0.4, 0.5) is 29.1 Å². The molecule has 0 aliphatic carbocycles. The molecule has 0 amide bonds. The first-order valence-corrected chi connectivity index (χ1v) is 11.7. The van der Waals surface area contributed by atoms with Crippen LogP contribution in [-0.2, 0) is 4.79 Å². The van der Waals surface area contributed by atoms with Gasteiger partial charge in [-0.3, -0.25) is 10.4 Å². The smallest absolute Gasteiger partial charge is 0.491 e. The molecule has 4 rings (SSSR count). The Bertz CT molecular complexity index is 1720. The molecule has 0 aliphatic heterocycles. The third-order valence-corrected chi connectivity index (χ3v) is 5.79. The van der Waals surface area contributed by atoms with E-state index in [9.17, 15) is 22.8 Å². The summed E-state index contributed by atoms with van der Waals surface area (Å²) in [6.07, 6.45) is -3.98. The van der Waals surface area contributed by atoms with Crippen LogP contribution in [0, 0.1) is 11.2 Å². The second kappa shape index (κ2) is 11.5. The van der Waals surface area contributed by atoms with E-state index in [1.54, 1.807) is 0 Å². The molecule has 17 heteroatoms. The van der Waals surface area contributed by atoms with Crippen LogP contribution in [0.15, 0.2) is 53.5 Å². The molecule has 1 unspecified atom stereocenters. The molecule has 13 nitrogen and oxygen atoms in total.